The molecule has 4 rings (SSSR count). The van der Waals surface area contributed by atoms with Gasteiger partial charge < -0.3 is 16.0 Å². The molecule has 0 heterocycles. The summed E-state index contributed by atoms with van der Waals surface area (Å²) in [5.41, 5.74) is 1.24. The minimum atomic E-state index is -0.173. The second-order valence-corrected chi connectivity index (χ2v) is 15.9. The number of carbonyl (C=O) groups is 3. The molecule has 0 bridgehead atoms. The molecule has 3 N–H and O–H groups in total. The van der Waals surface area contributed by atoms with Gasteiger partial charge in [-0.2, -0.15) is 0 Å². The summed E-state index contributed by atoms with van der Waals surface area (Å²) in [5, 5.41) is 9.80. The maximum atomic E-state index is 13.6. The van der Waals surface area contributed by atoms with E-state index in [0.717, 1.165) is 94.8 Å². The van der Waals surface area contributed by atoms with Gasteiger partial charge in [0, 0.05) is 34.8 Å². The van der Waals surface area contributed by atoms with Gasteiger partial charge in [0.15, 0.2) is 0 Å². The van der Waals surface area contributed by atoms with Gasteiger partial charge in [0.1, 0.15) is 0 Å². The predicted molar refractivity (Wildman–Crippen MR) is 199 cm³/mol. The van der Waals surface area contributed by atoms with Crippen LogP contribution in [0.4, 0.5) is 0 Å². The second-order valence-electron chi connectivity index (χ2n) is 15.9. The standard InChI is InChI=1S/C42H69N3O3/c1-4-7-10-13-31-16-22-37(23-17-31)43-40(46)34-28-35(41(47)44-38-24-18-32(19-25-38)14-11-8-5-2)30-36(29-34)42(48)45-39-26-20-33(21-27-39)15-12-9-6-3/h28-33,37-39H,4-27H2,1-3H3,(H,43,46)(H,44,47)(H,45,48). The number of hydrogen-bond donors (Lipinski definition) is 3. The Bertz CT molecular complexity index is 961. The molecule has 3 saturated carbocycles. The molecule has 0 atom stereocenters. The Balaban J connectivity index is 1.38. The quantitative estimate of drug-likeness (QED) is 0.137. The molecule has 0 radical (unpaired) electrons. The lowest BCUT2D eigenvalue weighted by atomic mass is 9.82. The number of nitrogens with one attached hydrogen (secondary N) is 3. The van der Waals surface area contributed by atoms with Crippen LogP contribution in [0.1, 0.15) is 206 Å². The molecule has 6 heteroatoms. The summed E-state index contributed by atoms with van der Waals surface area (Å²) in [7, 11) is 0. The third-order valence-electron chi connectivity index (χ3n) is 11.9. The van der Waals surface area contributed by atoms with Crippen molar-refractivity contribution in [3.05, 3.63) is 34.9 Å². The summed E-state index contributed by atoms with van der Waals surface area (Å²) >= 11 is 0. The van der Waals surface area contributed by atoms with Gasteiger partial charge in [-0.05, 0) is 113 Å². The van der Waals surface area contributed by atoms with Gasteiger partial charge in [-0.1, -0.05) is 97.8 Å². The van der Waals surface area contributed by atoms with Crippen molar-refractivity contribution in [3.63, 3.8) is 0 Å². The van der Waals surface area contributed by atoms with E-state index in [1.165, 1.54) is 77.0 Å². The maximum absolute atomic E-state index is 13.6. The molecular formula is C42H69N3O3. The van der Waals surface area contributed by atoms with Crippen LogP contribution >= 0.6 is 0 Å². The van der Waals surface area contributed by atoms with Crippen LogP contribution in [-0.4, -0.2) is 35.8 Å². The average molecular weight is 664 g/mol. The van der Waals surface area contributed by atoms with Crippen molar-refractivity contribution in [2.45, 2.75) is 193 Å². The highest BCUT2D eigenvalue weighted by Crippen LogP contribution is 2.31. The van der Waals surface area contributed by atoms with Gasteiger partial charge >= 0.3 is 0 Å². The number of rotatable bonds is 18. The fraction of sp³-hybridized carbons (Fsp3) is 0.786. The minimum Gasteiger partial charge on any atom is -0.349 e. The van der Waals surface area contributed by atoms with E-state index in [-0.39, 0.29) is 35.8 Å². The van der Waals surface area contributed by atoms with E-state index in [1.54, 1.807) is 18.2 Å². The molecule has 3 aliphatic carbocycles. The van der Waals surface area contributed by atoms with Crippen LogP contribution < -0.4 is 16.0 Å². The Hall–Kier alpha value is -2.37. The normalized spacial score (nSPS) is 26.1. The zero-order chi connectivity index (χ0) is 34.1. The SMILES string of the molecule is CCCCCC1CCC(NC(=O)c2cc(C(=O)NC3CCC(CCCCC)CC3)cc(C(=O)NC3CCC(CCCCC)CC3)c2)CC1. The van der Waals surface area contributed by atoms with Gasteiger partial charge in [0.05, 0.1) is 0 Å². The van der Waals surface area contributed by atoms with E-state index in [0.29, 0.717) is 16.7 Å². The topological polar surface area (TPSA) is 87.3 Å². The highest BCUT2D eigenvalue weighted by Gasteiger charge is 2.27. The lowest BCUT2D eigenvalue weighted by Gasteiger charge is -2.30. The van der Waals surface area contributed by atoms with Crippen molar-refractivity contribution in [2.75, 3.05) is 0 Å². The highest BCUT2D eigenvalue weighted by molar-refractivity contribution is 6.04. The van der Waals surface area contributed by atoms with Crippen LogP contribution in [0.5, 0.6) is 0 Å². The Kier molecular flexibility index (Phi) is 16.8. The van der Waals surface area contributed by atoms with Gasteiger partial charge in [-0.25, -0.2) is 0 Å². The molecule has 270 valence electrons. The Labute approximate surface area is 293 Å². The molecule has 3 aliphatic rings. The number of benzene rings is 1. The first kappa shape index (κ1) is 38.4. The van der Waals surface area contributed by atoms with E-state index in [4.69, 9.17) is 0 Å². The third-order valence-corrected chi connectivity index (χ3v) is 11.9. The monoisotopic (exact) mass is 664 g/mol. The molecule has 0 spiro atoms. The fourth-order valence-electron chi connectivity index (χ4n) is 8.66. The van der Waals surface area contributed by atoms with Gasteiger partial charge in [0.25, 0.3) is 17.7 Å². The van der Waals surface area contributed by atoms with Crippen molar-refractivity contribution in [1.29, 1.82) is 0 Å². The lowest BCUT2D eigenvalue weighted by molar-refractivity contribution is 0.0920. The highest BCUT2D eigenvalue weighted by atomic mass is 16.2. The molecule has 0 saturated heterocycles. The molecule has 1 aromatic rings. The Morgan fingerprint density at radius 2 is 0.688 bits per heavy atom. The summed E-state index contributed by atoms with van der Waals surface area (Å²) in [4.78, 5) is 40.9. The van der Waals surface area contributed by atoms with Crippen molar-refractivity contribution in [3.8, 4) is 0 Å². The fourth-order valence-corrected chi connectivity index (χ4v) is 8.66. The van der Waals surface area contributed by atoms with E-state index in [2.05, 4.69) is 36.7 Å². The van der Waals surface area contributed by atoms with Crippen LogP contribution in [0.15, 0.2) is 18.2 Å². The Morgan fingerprint density at radius 1 is 0.438 bits per heavy atom. The van der Waals surface area contributed by atoms with E-state index in [9.17, 15) is 14.4 Å². The number of unbranched alkanes of at least 4 members (excludes halogenated alkanes) is 6. The first-order valence-electron chi connectivity index (χ1n) is 20.5. The Morgan fingerprint density at radius 3 is 0.917 bits per heavy atom. The van der Waals surface area contributed by atoms with Crippen LogP contribution in [0, 0.1) is 17.8 Å². The van der Waals surface area contributed by atoms with E-state index >= 15 is 0 Å². The summed E-state index contributed by atoms with van der Waals surface area (Å²) in [6.45, 7) is 6.75. The molecule has 0 aromatic heterocycles. The summed E-state index contributed by atoms with van der Waals surface area (Å²) < 4.78 is 0. The first-order valence-corrected chi connectivity index (χ1v) is 20.5. The minimum absolute atomic E-state index is 0.148. The molecule has 0 aliphatic heterocycles. The van der Waals surface area contributed by atoms with Gasteiger partial charge in [-0.15, -0.1) is 0 Å². The zero-order valence-corrected chi connectivity index (χ0v) is 30.9. The van der Waals surface area contributed by atoms with Crippen LogP contribution in [-0.2, 0) is 0 Å². The third kappa shape index (κ3) is 12.8. The summed E-state index contributed by atoms with van der Waals surface area (Å²) in [5.74, 6) is 1.79. The molecule has 0 unspecified atom stereocenters. The van der Waals surface area contributed by atoms with E-state index in [1.807, 2.05) is 0 Å². The van der Waals surface area contributed by atoms with E-state index < -0.39 is 0 Å². The summed E-state index contributed by atoms with van der Waals surface area (Å²) in [6.07, 6.45) is 28.4. The van der Waals surface area contributed by atoms with Crippen LogP contribution in [0.3, 0.4) is 0 Å². The predicted octanol–water partition coefficient (Wildman–Crippen LogP) is 10.3. The maximum Gasteiger partial charge on any atom is 0.251 e. The summed E-state index contributed by atoms with van der Waals surface area (Å²) in [6, 6.07) is 5.56. The lowest BCUT2D eigenvalue weighted by Crippen LogP contribution is -2.40. The molecule has 1 aromatic carbocycles. The molecule has 48 heavy (non-hydrogen) atoms. The number of amides is 3. The molecule has 3 amide bonds. The molecular weight excluding hydrogens is 594 g/mol. The van der Waals surface area contributed by atoms with Crippen molar-refractivity contribution >= 4 is 17.7 Å². The van der Waals surface area contributed by atoms with Crippen LogP contribution in [0.2, 0.25) is 0 Å². The van der Waals surface area contributed by atoms with Gasteiger partial charge in [0.2, 0.25) is 0 Å². The van der Waals surface area contributed by atoms with Crippen molar-refractivity contribution in [2.24, 2.45) is 17.8 Å². The zero-order valence-electron chi connectivity index (χ0n) is 30.9. The molecule has 6 nitrogen and oxygen atoms in total. The van der Waals surface area contributed by atoms with Crippen molar-refractivity contribution in [1.82, 2.24) is 16.0 Å². The smallest absolute Gasteiger partial charge is 0.251 e. The number of hydrogen-bond acceptors (Lipinski definition) is 3. The first-order chi connectivity index (χ1) is 23.4. The largest absolute Gasteiger partial charge is 0.349 e. The van der Waals surface area contributed by atoms with Crippen LogP contribution in [0.25, 0.3) is 0 Å². The average Bonchev–Trinajstić information content (AvgIpc) is 3.10. The second kappa shape index (κ2) is 21.0. The number of carbonyl (C=O) groups excluding carboxylic acids is 3. The van der Waals surface area contributed by atoms with Crippen molar-refractivity contribution < 1.29 is 14.4 Å². The molecule has 3 fully saturated rings. The van der Waals surface area contributed by atoms with Gasteiger partial charge in [-0.3, -0.25) is 14.4 Å².